The molecule has 0 fully saturated rings. The Kier molecular flexibility index (Phi) is 5.16. The van der Waals surface area contributed by atoms with Crippen molar-refractivity contribution in [3.63, 3.8) is 0 Å². The van der Waals surface area contributed by atoms with Crippen LogP contribution in [0.25, 0.3) is 0 Å². The lowest BCUT2D eigenvalue weighted by atomic mass is 9.74. The molecule has 1 aliphatic carbocycles. The minimum Gasteiger partial charge on any atom is -0.393 e. The fourth-order valence-electron chi connectivity index (χ4n) is 3.17. The number of hydrogen-bond acceptors (Lipinski definition) is 4. The Morgan fingerprint density at radius 3 is 2.59 bits per heavy atom. The first-order valence-corrected chi connectivity index (χ1v) is 8.49. The van der Waals surface area contributed by atoms with Gasteiger partial charge in [0.05, 0.1) is 12.3 Å². The number of carbonyl (C=O) groups excluding carboxylic acids is 1. The first kappa shape index (κ1) is 19.6. The van der Waals surface area contributed by atoms with Crippen LogP contribution in [0.2, 0.25) is 5.02 Å². The number of nitrogens with one attached hydrogen (secondary N) is 1. The van der Waals surface area contributed by atoms with Crippen molar-refractivity contribution in [2.45, 2.75) is 30.7 Å². The normalized spacial score (nSPS) is 24.4. The Hall–Kier alpha value is -2.16. The summed E-state index contributed by atoms with van der Waals surface area (Å²) in [6.07, 6.45) is 0.628. The lowest BCUT2D eigenvalue weighted by Gasteiger charge is -2.38. The van der Waals surface area contributed by atoms with Crippen molar-refractivity contribution in [2.24, 2.45) is 0 Å². The van der Waals surface area contributed by atoms with Gasteiger partial charge in [-0.2, -0.15) is 0 Å². The third-order valence-electron chi connectivity index (χ3n) is 4.71. The molecule has 0 bridgehead atoms. The van der Waals surface area contributed by atoms with E-state index in [1.54, 1.807) is 0 Å². The summed E-state index contributed by atoms with van der Waals surface area (Å²) < 4.78 is 43.2. The maximum absolute atomic E-state index is 15.6. The van der Waals surface area contributed by atoms with Gasteiger partial charge in [-0.1, -0.05) is 17.7 Å². The second kappa shape index (κ2) is 7.10. The van der Waals surface area contributed by atoms with Gasteiger partial charge in [-0.05, 0) is 31.0 Å². The lowest BCUT2D eigenvalue weighted by Crippen LogP contribution is -2.49. The van der Waals surface area contributed by atoms with Crippen molar-refractivity contribution < 1.29 is 28.2 Å². The van der Waals surface area contributed by atoms with Gasteiger partial charge in [0.25, 0.3) is 5.91 Å². The maximum Gasteiger partial charge on any atom is 0.262 e. The van der Waals surface area contributed by atoms with Crippen LogP contribution in [0, 0.1) is 11.6 Å². The molecule has 9 heteroatoms. The summed E-state index contributed by atoms with van der Waals surface area (Å²) in [5.41, 5.74) is -5.11. The van der Waals surface area contributed by atoms with E-state index in [0.29, 0.717) is 0 Å². The number of aromatic nitrogens is 1. The summed E-state index contributed by atoms with van der Waals surface area (Å²) in [5.74, 6) is -3.05. The molecule has 0 saturated heterocycles. The van der Waals surface area contributed by atoms with Crippen LogP contribution in [-0.4, -0.2) is 27.7 Å². The number of aliphatic hydroxyl groups is 2. The molecule has 0 aliphatic heterocycles. The number of fused-ring (bicyclic) bond motifs is 1. The molecule has 3 N–H and O–H groups in total. The van der Waals surface area contributed by atoms with Gasteiger partial charge in [0.1, 0.15) is 17.2 Å². The number of nitrogens with zero attached hydrogens (tertiary/aromatic N) is 1. The zero-order chi connectivity index (χ0) is 19.8. The number of halogens is 4. The van der Waals surface area contributed by atoms with Crippen molar-refractivity contribution in [3.05, 3.63) is 63.9 Å². The van der Waals surface area contributed by atoms with Crippen LogP contribution < -0.4 is 5.32 Å². The third kappa shape index (κ3) is 3.40. The molecule has 2 unspecified atom stereocenters. The van der Waals surface area contributed by atoms with Crippen molar-refractivity contribution in [1.29, 1.82) is 0 Å². The highest BCUT2D eigenvalue weighted by Crippen LogP contribution is 2.45. The van der Waals surface area contributed by atoms with Gasteiger partial charge in [0, 0.05) is 28.9 Å². The number of pyridine rings is 1. The van der Waals surface area contributed by atoms with E-state index in [1.807, 2.05) is 0 Å². The Bertz CT molecular complexity index is 875. The largest absolute Gasteiger partial charge is 0.393 e. The molecule has 0 radical (unpaired) electrons. The number of benzene rings is 1. The number of carbonyl (C=O) groups is 1. The first-order chi connectivity index (χ1) is 12.7. The van der Waals surface area contributed by atoms with Crippen LogP contribution in [0.15, 0.2) is 30.5 Å². The van der Waals surface area contributed by atoms with Crippen LogP contribution in [-0.2, 0) is 22.6 Å². The predicted octanol–water partition coefficient (Wildman–Crippen LogP) is 2.47. The van der Waals surface area contributed by atoms with E-state index in [9.17, 15) is 23.8 Å². The Labute approximate surface area is 157 Å². The van der Waals surface area contributed by atoms with E-state index >= 15 is 4.39 Å². The molecular weight excluding hydrogens is 385 g/mol. The fourth-order valence-corrected chi connectivity index (χ4v) is 3.36. The van der Waals surface area contributed by atoms with E-state index in [0.717, 1.165) is 12.1 Å². The van der Waals surface area contributed by atoms with Crippen molar-refractivity contribution >= 4 is 17.5 Å². The number of rotatable bonds is 4. The second-order valence-corrected chi connectivity index (χ2v) is 6.86. The lowest BCUT2D eigenvalue weighted by molar-refractivity contribution is -0.138. The molecular formula is C18H16ClF3N2O3. The standard InChI is InChI=1S/C18H16ClF3N2O3/c19-10-6-13(20)11(14(21)7-10)8-24-16(26)18(22)4-3-17(27,9-25)15-12(18)2-1-5-23-15/h1-2,5-7,25,27H,3-4,8-9H2,(H,24,26). The summed E-state index contributed by atoms with van der Waals surface area (Å²) in [6.45, 7) is -1.27. The molecule has 0 saturated carbocycles. The smallest absolute Gasteiger partial charge is 0.262 e. The van der Waals surface area contributed by atoms with Crippen LogP contribution in [0.4, 0.5) is 13.2 Å². The summed E-state index contributed by atoms with van der Waals surface area (Å²) >= 11 is 5.55. The van der Waals surface area contributed by atoms with Gasteiger partial charge in [-0.15, -0.1) is 0 Å². The third-order valence-corrected chi connectivity index (χ3v) is 4.93. The van der Waals surface area contributed by atoms with Crippen LogP contribution in [0.1, 0.15) is 29.7 Å². The van der Waals surface area contributed by atoms with Crippen molar-refractivity contribution in [2.75, 3.05) is 6.61 Å². The predicted molar refractivity (Wildman–Crippen MR) is 90.5 cm³/mol. The first-order valence-electron chi connectivity index (χ1n) is 8.11. The zero-order valence-corrected chi connectivity index (χ0v) is 14.7. The molecule has 27 heavy (non-hydrogen) atoms. The molecule has 0 spiro atoms. The van der Waals surface area contributed by atoms with Crippen molar-refractivity contribution in [1.82, 2.24) is 10.3 Å². The van der Waals surface area contributed by atoms with E-state index in [1.165, 1.54) is 18.3 Å². The minimum atomic E-state index is -2.57. The molecule has 144 valence electrons. The van der Waals surface area contributed by atoms with E-state index in [4.69, 9.17) is 11.6 Å². The molecule has 1 aliphatic rings. The second-order valence-electron chi connectivity index (χ2n) is 6.42. The number of hydrogen-bond donors (Lipinski definition) is 3. The summed E-state index contributed by atoms with van der Waals surface area (Å²) in [4.78, 5) is 16.4. The quantitative estimate of drug-likeness (QED) is 0.736. The van der Waals surface area contributed by atoms with Gasteiger partial charge in [0.15, 0.2) is 0 Å². The summed E-state index contributed by atoms with van der Waals surface area (Å²) in [7, 11) is 0. The highest BCUT2D eigenvalue weighted by Gasteiger charge is 2.51. The maximum atomic E-state index is 15.6. The number of alkyl halides is 1. The van der Waals surface area contributed by atoms with Gasteiger partial charge in [-0.3, -0.25) is 9.78 Å². The Morgan fingerprint density at radius 1 is 1.30 bits per heavy atom. The van der Waals surface area contributed by atoms with E-state index < -0.39 is 53.9 Å². The molecule has 1 amide bonds. The molecule has 1 heterocycles. The van der Waals surface area contributed by atoms with Gasteiger partial charge in [-0.25, -0.2) is 13.2 Å². The summed E-state index contributed by atoms with van der Waals surface area (Å²) in [6, 6.07) is 4.45. The topological polar surface area (TPSA) is 82.5 Å². The average Bonchev–Trinajstić information content (AvgIpc) is 2.64. The minimum absolute atomic E-state index is 0.139. The molecule has 3 rings (SSSR count). The average molecular weight is 401 g/mol. The van der Waals surface area contributed by atoms with Gasteiger partial charge in [0.2, 0.25) is 5.67 Å². The number of aliphatic hydroxyl groups excluding tert-OH is 1. The number of amides is 1. The molecule has 1 aromatic heterocycles. The van der Waals surface area contributed by atoms with Crippen LogP contribution in [0.5, 0.6) is 0 Å². The molecule has 1 aromatic carbocycles. The van der Waals surface area contributed by atoms with E-state index in [-0.39, 0.29) is 22.7 Å². The van der Waals surface area contributed by atoms with Crippen molar-refractivity contribution in [3.8, 4) is 0 Å². The molecule has 2 aromatic rings. The van der Waals surface area contributed by atoms with E-state index in [2.05, 4.69) is 10.3 Å². The Balaban J connectivity index is 1.88. The molecule has 5 nitrogen and oxygen atoms in total. The van der Waals surface area contributed by atoms with Crippen LogP contribution in [0.3, 0.4) is 0 Å². The van der Waals surface area contributed by atoms with Crippen LogP contribution >= 0.6 is 11.6 Å². The SMILES string of the molecule is O=C(NCc1c(F)cc(Cl)cc1F)C1(F)CCC(O)(CO)c2ncccc21. The van der Waals surface area contributed by atoms with Gasteiger partial charge < -0.3 is 15.5 Å². The highest BCUT2D eigenvalue weighted by atomic mass is 35.5. The monoisotopic (exact) mass is 400 g/mol. The zero-order valence-electron chi connectivity index (χ0n) is 14.0. The summed E-state index contributed by atoms with van der Waals surface area (Å²) in [5, 5.41) is 21.9. The molecule has 2 atom stereocenters. The Morgan fingerprint density at radius 2 is 1.96 bits per heavy atom. The fraction of sp³-hybridized carbons (Fsp3) is 0.333. The van der Waals surface area contributed by atoms with Gasteiger partial charge >= 0.3 is 0 Å². The highest BCUT2D eigenvalue weighted by molar-refractivity contribution is 6.30.